The molecule has 0 bridgehead atoms. The number of hydrogen-bond acceptors (Lipinski definition) is 4. The molecule has 2 aromatic carbocycles. The predicted molar refractivity (Wildman–Crippen MR) is 124 cm³/mol. The predicted octanol–water partition coefficient (Wildman–Crippen LogP) is 5.57. The molecule has 0 saturated carbocycles. The molecule has 2 aromatic rings. The van der Waals surface area contributed by atoms with Gasteiger partial charge in [0.15, 0.2) is 0 Å². The Morgan fingerprint density at radius 1 is 1.24 bits per heavy atom. The highest BCUT2D eigenvalue weighted by molar-refractivity contribution is 8.16. The lowest BCUT2D eigenvalue weighted by atomic mass is 9.96. The summed E-state index contributed by atoms with van der Waals surface area (Å²) in [5.74, 6) is -0.114. The van der Waals surface area contributed by atoms with Crippen molar-refractivity contribution in [3.63, 3.8) is 0 Å². The van der Waals surface area contributed by atoms with Gasteiger partial charge in [0.05, 0.1) is 18.3 Å². The molecule has 1 heterocycles. The van der Waals surface area contributed by atoms with Crippen molar-refractivity contribution in [2.45, 2.75) is 44.0 Å². The van der Waals surface area contributed by atoms with Crippen LogP contribution < -0.4 is 9.62 Å². The van der Waals surface area contributed by atoms with E-state index in [0.29, 0.717) is 13.0 Å². The first-order valence-electron chi connectivity index (χ1n) is 10.1. The van der Waals surface area contributed by atoms with E-state index in [9.17, 15) is 4.79 Å². The van der Waals surface area contributed by atoms with Gasteiger partial charge >= 0.3 is 5.97 Å². The Morgan fingerprint density at radius 2 is 2.03 bits per heavy atom. The molecule has 1 aliphatic heterocycles. The Balaban J connectivity index is 1.86. The normalized spacial score (nSPS) is 18.1. The molecule has 0 fully saturated rings. The standard InChI is InChI=1S/C23H29ClN2O2S/c1-4-28-22(27)12-8-9-15-25-23-18-10-6-7-11-20(18)26(3)29(5-2)21-16-17(24)13-14-19(21)23/h5-7,10-11,13-14,16,23,25H,4,8-9,12,15H2,1-3H3. The van der Waals surface area contributed by atoms with Crippen molar-refractivity contribution in [2.24, 2.45) is 0 Å². The van der Waals surface area contributed by atoms with Gasteiger partial charge < -0.3 is 14.4 Å². The molecule has 0 spiro atoms. The van der Waals surface area contributed by atoms with Crippen LogP contribution in [-0.2, 0) is 9.53 Å². The summed E-state index contributed by atoms with van der Waals surface area (Å²) in [6.07, 6.45) is 2.21. The quantitative estimate of drug-likeness (QED) is 0.353. The minimum atomic E-state index is -0.176. The molecule has 1 N–H and O–H groups in total. The molecular weight excluding hydrogens is 404 g/mol. The molecule has 1 aliphatic rings. The topological polar surface area (TPSA) is 41.6 Å². The van der Waals surface area contributed by atoms with Gasteiger partial charge in [0.1, 0.15) is 0 Å². The van der Waals surface area contributed by atoms with Gasteiger partial charge in [-0.05, 0) is 67.9 Å². The van der Waals surface area contributed by atoms with Crippen LogP contribution in [0.25, 0.3) is 0 Å². The number of para-hydroxylation sites is 1. The van der Waals surface area contributed by atoms with Gasteiger partial charge in [0.2, 0.25) is 0 Å². The molecule has 0 aliphatic carbocycles. The lowest BCUT2D eigenvalue weighted by Gasteiger charge is -2.24. The molecule has 29 heavy (non-hydrogen) atoms. The van der Waals surface area contributed by atoms with Crippen LogP contribution in [0.2, 0.25) is 5.02 Å². The van der Waals surface area contributed by atoms with E-state index in [1.807, 2.05) is 13.0 Å². The van der Waals surface area contributed by atoms with Crippen LogP contribution in [0.15, 0.2) is 47.4 Å². The highest BCUT2D eigenvalue weighted by Crippen LogP contribution is 2.46. The number of rotatable bonds is 7. The number of nitrogens with one attached hydrogen (secondary N) is 1. The summed E-state index contributed by atoms with van der Waals surface area (Å²) in [6, 6.07) is 14.9. The SMILES string of the molecule is C/C=S1\c2cc(Cl)ccc2C(NCCCCC(=O)OCC)c2ccccc2N1C. The summed E-state index contributed by atoms with van der Waals surface area (Å²) >= 11 is 6.37. The highest BCUT2D eigenvalue weighted by atomic mass is 35.5. The van der Waals surface area contributed by atoms with Crippen molar-refractivity contribution < 1.29 is 9.53 Å². The summed E-state index contributed by atoms with van der Waals surface area (Å²) in [4.78, 5) is 12.8. The lowest BCUT2D eigenvalue weighted by molar-refractivity contribution is -0.143. The van der Waals surface area contributed by atoms with Crippen molar-refractivity contribution in [1.82, 2.24) is 5.32 Å². The third-order valence-corrected chi connectivity index (χ3v) is 7.35. The third-order valence-electron chi connectivity index (χ3n) is 5.08. The molecule has 0 aromatic heterocycles. The number of halogens is 1. The first kappa shape index (κ1) is 21.9. The van der Waals surface area contributed by atoms with E-state index >= 15 is 0 Å². The molecular formula is C23H29ClN2O2S. The van der Waals surface area contributed by atoms with E-state index in [2.05, 4.69) is 65.4 Å². The van der Waals surface area contributed by atoms with Gasteiger partial charge in [-0.1, -0.05) is 46.5 Å². The zero-order chi connectivity index (χ0) is 20.8. The second kappa shape index (κ2) is 10.3. The first-order chi connectivity index (χ1) is 14.1. The summed E-state index contributed by atoms with van der Waals surface area (Å²) in [6.45, 7) is 5.22. The summed E-state index contributed by atoms with van der Waals surface area (Å²) in [5.41, 5.74) is 3.75. The number of unbranched alkanes of at least 4 members (excludes halogenated alkanes) is 1. The molecule has 6 heteroatoms. The van der Waals surface area contributed by atoms with Crippen LogP contribution in [0.1, 0.15) is 50.3 Å². The maximum absolute atomic E-state index is 11.6. The molecule has 4 nitrogen and oxygen atoms in total. The largest absolute Gasteiger partial charge is 0.466 e. The van der Waals surface area contributed by atoms with Crippen LogP contribution >= 0.6 is 22.3 Å². The second-order valence-corrected chi connectivity index (χ2v) is 9.46. The fourth-order valence-corrected chi connectivity index (χ4v) is 5.90. The number of carbonyl (C=O) groups is 1. The summed E-state index contributed by atoms with van der Waals surface area (Å²) in [7, 11) is 1.97. The number of nitrogens with zero attached hydrogens (tertiary/aromatic N) is 1. The zero-order valence-electron chi connectivity index (χ0n) is 17.3. The Labute approximate surface area is 181 Å². The van der Waals surface area contributed by atoms with E-state index in [1.54, 1.807) is 0 Å². The number of anilines is 1. The van der Waals surface area contributed by atoms with Gasteiger partial charge in [0, 0.05) is 23.4 Å². The number of benzene rings is 2. The minimum absolute atomic E-state index is 0.0842. The van der Waals surface area contributed by atoms with Crippen LogP contribution in [0, 0.1) is 0 Å². The van der Waals surface area contributed by atoms with Crippen molar-refractivity contribution in [3.8, 4) is 0 Å². The number of ether oxygens (including phenoxy) is 1. The van der Waals surface area contributed by atoms with Crippen LogP contribution in [0.4, 0.5) is 5.69 Å². The van der Waals surface area contributed by atoms with Crippen molar-refractivity contribution in [1.29, 1.82) is 0 Å². The summed E-state index contributed by atoms with van der Waals surface area (Å²) in [5, 5.41) is 6.74. The van der Waals surface area contributed by atoms with E-state index in [1.165, 1.54) is 21.7 Å². The average molecular weight is 433 g/mol. The molecule has 2 unspecified atom stereocenters. The first-order valence-corrected chi connectivity index (χ1v) is 11.7. The molecule has 2 atom stereocenters. The van der Waals surface area contributed by atoms with Crippen molar-refractivity contribution >= 4 is 39.3 Å². The van der Waals surface area contributed by atoms with E-state index in [-0.39, 0.29) is 22.7 Å². The maximum Gasteiger partial charge on any atom is 0.305 e. The van der Waals surface area contributed by atoms with Gasteiger partial charge in [-0.2, -0.15) is 0 Å². The minimum Gasteiger partial charge on any atom is -0.466 e. The maximum atomic E-state index is 11.6. The van der Waals surface area contributed by atoms with E-state index in [0.717, 1.165) is 24.4 Å². The van der Waals surface area contributed by atoms with Gasteiger partial charge in [0.25, 0.3) is 0 Å². The van der Waals surface area contributed by atoms with Crippen LogP contribution in [0.5, 0.6) is 0 Å². The zero-order valence-corrected chi connectivity index (χ0v) is 18.9. The average Bonchev–Trinajstić information content (AvgIpc) is 2.81. The lowest BCUT2D eigenvalue weighted by Crippen LogP contribution is -2.24. The molecule has 0 radical (unpaired) electrons. The van der Waals surface area contributed by atoms with Crippen LogP contribution in [0.3, 0.4) is 0 Å². The fraction of sp³-hybridized carbons (Fsp3) is 0.391. The third kappa shape index (κ3) is 5.03. The number of carbonyl (C=O) groups excluding carboxylic acids is 1. The Hall–Kier alpha value is -1.82. The summed E-state index contributed by atoms with van der Waals surface area (Å²) < 4.78 is 7.36. The smallest absolute Gasteiger partial charge is 0.305 e. The number of esters is 1. The highest BCUT2D eigenvalue weighted by Gasteiger charge is 2.27. The van der Waals surface area contributed by atoms with Gasteiger partial charge in [-0.3, -0.25) is 4.79 Å². The molecule has 0 amide bonds. The number of hydrogen-bond donors (Lipinski definition) is 1. The number of fused-ring (bicyclic) bond motifs is 2. The van der Waals surface area contributed by atoms with E-state index < -0.39 is 0 Å². The molecule has 0 saturated heterocycles. The monoisotopic (exact) mass is 432 g/mol. The van der Waals surface area contributed by atoms with Crippen molar-refractivity contribution in [3.05, 3.63) is 58.6 Å². The Morgan fingerprint density at radius 3 is 2.79 bits per heavy atom. The van der Waals surface area contributed by atoms with Gasteiger partial charge in [-0.25, -0.2) is 0 Å². The van der Waals surface area contributed by atoms with Crippen molar-refractivity contribution in [2.75, 3.05) is 24.5 Å². The van der Waals surface area contributed by atoms with Crippen LogP contribution in [-0.4, -0.2) is 31.5 Å². The molecule has 156 valence electrons. The van der Waals surface area contributed by atoms with Gasteiger partial charge in [-0.15, -0.1) is 0 Å². The Bertz CT molecular complexity index is 900. The Kier molecular flexibility index (Phi) is 7.76. The fourth-order valence-electron chi connectivity index (χ4n) is 3.75. The molecule has 3 rings (SSSR count). The second-order valence-electron chi connectivity index (χ2n) is 6.94. The van der Waals surface area contributed by atoms with E-state index in [4.69, 9.17) is 16.3 Å².